The molecule has 1 aliphatic carbocycles. The molecule has 5 heteroatoms. The molecule has 4 nitrogen and oxygen atoms in total. The molecule has 0 saturated carbocycles. The molecule has 0 bridgehead atoms. The Morgan fingerprint density at radius 3 is 2.10 bits per heavy atom. The topological polar surface area (TPSA) is 43.0 Å². The van der Waals surface area contributed by atoms with E-state index in [4.69, 9.17) is 0 Å². The third-order valence-corrected chi connectivity index (χ3v) is 4.00. The molecule has 21 heavy (non-hydrogen) atoms. The van der Waals surface area contributed by atoms with Crippen LogP contribution in [0.4, 0.5) is 0 Å². The molecule has 1 aliphatic rings. The number of fused-ring (bicyclic) bond motifs is 2. The first-order chi connectivity index (χ1) is 9.45. The minimum absolute atomic E-state index is 0. The number of ketones is 2. The first-order valence-corrected chi connectivity index (χ1v) is 6.74. The summed E-state index contributed by atoms with van der Waals surface area (Å²) in [5.41, 5.74) is 2.02. The fourth-order valence-electron chi connectivity index (χ4n) is 3.00. The van der Waals surface area contributed by atoms with Crippen molar-refractivity contribution in [3.63, 3.8) is 0 Å². The molecule has 0 unspecified atom stereocenters. The zero-order valence-corrected chi connectivity index (χ0v) is 14.6. The van der Waals surface area contributed by atoms with Crippen molar-refractivity contribution in [3.8, 4) is 0 Å². The third-order valence-electron chi connectivity index (χ3n) is 4.00. The lowest BCUT2D eigenvalue weighted by atomic mass is 9.90. The second-order valence-electron chi connectivity index (χ2n) is 5.47. The molecule has 1 aromatic carbocycles. The lowest BCUT2D eigenvalue weighted by Crippen LogP contribution is -3.00. The first-order valence-electron chi connectivity index (χ1n) is 6.74. The van der Waals surface area contributed by atoms with Crippen LogP contribution in [0.5, 0.6) is 0 Å². The van der Waals surface area contributed by atoms with Gasteiger partial charge in [0.15, 0.2) is 0 Å². The molecule has 0 radical (unpaired) electrons. The number of imidazole rings is 1. The first kappa shape index (κ1) is 15.9. The molecule has 0 aliphatic heterocycles. The highest BCUT2D eigenvalue weighted by atomic mass is 127. The number of aromatic nitrogens is 2. The normalized spacial score (nSPS) is 13.0. The van der Waals surface area contributed by atoms with Gasteiger partial charge in [0.05, 0.1) is 13.1 Å². The molecular weight excluding hydrogens is 379 g/mol. The van der Waals surface area contributed by atoms with E-state index in [-0.39, 0.29) is 41.6 Å². The maximum atomic E-state index is 12.8. The Morgan fingerprint density at radius 2 is 1.57 bits per heavy atom. The van der Waals surface area contributed by atoms with E-state index in [1.165, 1.54) is 0 Å². The summed E-state index contributed by atoms with van der Waals surface area (Å²) in [6.07, 6.45) is 0. The fourth-order valence-corrected chi connectivity index (χ4v) is 3.00. The van der Waals surface area contributed by atoms with Gasteiger partial charge in [0, 0.05) is 18.1 Å². The molecule has 1 heterocycles. The van der Waals surface area contributed by atoms with Crippen LogP contribution < -0.4 is 28.5 Å². The zero-order chi connectivity index (χ0) is 14.6. The lowest BCUT2D eigenvalue weighted by molar-refractivity contribution is -0.679. The van der Waals surface area contributed by atoms with E-state index in [0.29, 0.717) is 22.5 Å². The van der Waals surface area contributed by atoms with Crippen molar-refractivity contribution in [2.45, 2.75) is 26.8 Å². The van der Waals surface area contributed by atoms with Crippen molar-refractivity contribution >= 4 is 11.6 Å². The smallest absolute Gasteiger partial charge is 0.254 e. The van der Waals surface area contributed by atoms with Gasteiger partial charge in [0.1, 0.15) is 0 Å². The fraction of sp³-hybridized carbons (Fsp3) is 0.312. The maximum absolute atomic E-state index is 12.8. The molecular formula is C16H17IN2O2. The number of nitrogens with zero attached hydrogens (tertiary/aromatic N) is 2. The Balaban J connectivity index is 0.00000161. The van der Waals surface area contributed by atoms with Gasteiger partial charge >= 0.3 is 0 Å². The summed E-state index contributed by atoms with van der Waals surface area (Å²) >= 11 is 0. The van der Waals surface area contributed by atoms with E-state index in [1.807, 2.05) is 37.0 Å². The van der Waals surface area contributed by atoms with Gasteiger partial charge in [0.2, 0.25) is 23.0 Å². The van der Waals surface area contributed by atoms with E-state index in [1.54, 1.807) is 24.3 Å². The van der Waals surface area contributed by atoms with Gasteiger partial charge in [-0.2, -0.15) is 0 Å². The summed E-state index contributed by atoms with van der Waals surface area (Å²) in [6.45, 7) is 5.97. The van der Waals surface area contributed by atoms with E-state index in [9.17, 15) is 9.59 Å². The van der Waals surface area contributed by atoms with Crippen LogP contribution in [0.3, 0.4) is 0 Å². The number of benzene rings is 1. The van der Waals surface area contributed by atoms with Crippen LogP contribution in [-0.2, 0) is 7.05 Å². The van der Waals surface area contributed by atoms with E-state index in [2.05, 4.69) is 0 Å². The highest BCUT2D eigenvalue weighted by molar-refractivity contribution is 6.26. The summed E-state index contributed by atoms with van der Waals surface area (Å²) < 4.78 is 3.77. The second kappa shape index (κ2) is 5.36. The van der Waals surface area contributed by atoms with Gasteiger partial charge in [0.25, 0.3) is 5.82 Å². The van der Waals surface area contributed by atoms with Gasteiger partial charge in [-0.15, -0.1) is 0 Å². The van der Waals surface area contributed by atoms with Crippen molar-refractivity contribution in [1.82, 2.24) is 4.57 Å². The Hall–Kier alpha value is -1.50. The van der Waals surface area contributed by atoms with Gasteiger partial charge in [-0.1, -0.05) is 24.3 Å². The molecule has 0 fully saturated rings. The standard InChI is InChI=1S/C16H17N2O2.HI/c1-9(2)18-10(3)17(4)13-14(18)16(20)12-8-6-5-7-11(12)15(13)19;/h5-9H,1-4H3;1H/q+1;/p-1. The van der Waals surface area contributed by atoms with Crippen molar-refractivity contribution in [2.75, 3.05) is 0 Å². The number of hydrogen-bond acceptors (Lipinski definition) is 2. The molecule has 3 rings (SSSR count). The third kappa shape index (κ3) is 2.06. The van der Waals surface area contributed by atoms with E-state index >= 15 is 0 Å². The Labute approximate surface area is 140 Å². The van der Waals surface area contributed by atoms with Crippen LogP contribution in [0.1, 0.15) is 57.8 Å². The van der Waals surface area contributed by atoms with Gasteiger partial charge < -0.3 is 24.0 Å². The van der Waals surface area contributed by atoms with Gasteiger partial charge in [-0.3, -0.25) is 9.59 Å². The average Bonchev–Trinajstić information content (AvgIpc) is 2.69. The maximum Gasteiger partial charge on any atom is 0.254 e. The van der Waals surface area contributed by atoms with Gasteiger partial charge in [-0.05, 0) is 13.8 Å². The lowest BCUT2D eigenvalue weighted by Gasteiger charge is -2.13. The van der Waals surface area contributed by atoms with Crippen LogP contribution in [0, 0.1) is 6.92 Å². The SMILES string of the molecule is Cc1n(C(C)C)c2c([n+]1C)C(=O)c1ccccc1C2=O.[I-]. The summed E-state index contributed by atoms with van der Waals surface area (Å²) in [4.78, 5) is 25.4. The van der Waals surface area contributed by atoms with Crippen molar-refractivity contribution in [2.24, 2.45) is 7.05 Å². The molecule has 0 saturated heterocycles. The van der Waals surface area contributed by atoms with Crippen LogP contribution >= 0.6 is 0 Å². The number of carbonyl (C=O) groups excluding carboxylic acids is 2. The molecule has 0 amide bonds. The predicted molar refractivity (Wildman–Crippen MR) is 74.0 cm³/mol. The summed E-state index contributed by atoms with van der Waals surface area (Å²) in [5.74, 6) is 0.785. The highest BCUT2D eigenvalue weighted by Gasteiger charge is 2.42. The zero-order valence-electron chi connectivity index (χ0n) is 12.5. The summed E-state index contributed by atoms with van der Waals surface area (Å²) in [7, 11) is 1.84. The molecule has 0 spiro atoms. The molecule has 1 aromatic heterocycles. The molecule has 2 aromatic rings. The van der Waals surface area contributed by atoms with Crippen molar-refractivity contribution in [1.29, 1.82) is 0 Å². The average molecular weight is 396 g/mol. The largest absolute Gasteiger partial charge is 1.00 e. The number of halogens is 1. The van der Waals surface area contributed by atoms with Crippen molar-refractivity contribution < 1.29 is 38.1 Å². The molecule has 110 valence electrons. The molecule has 0 N–H and O–H groups in total. The Kier molecular flexibility index (Phi) is 4.06. The highest BCUT2D eigenvalue weighted by Crippen LogP contribution is 2.28. The Bertz CT molecular complexity index is 760. The monoisotopic (exact) mass is 396 g/mol. The quantitative estimate of drug-likeness (QED) is 0.391. The molecule has 0 atom stereocenters. The number of hydrogen-bond donors (Lipinski definition) is 0. The minimum Gasteiger partial charge on any atom is -1.00 e. The van der Waals surface area contributed by atoms with Crippen LogP contribution in [0.15, 0.2) is 24.3 Å². The predicted octanol–water partition coefficient (Wildman–Crippen LogP) is -1.02. The second-order valence-corrected chi connectivity index (χ2v) is 5.47. The number of carbonyl (C=O) groups is 2. The van der Waals surface area contributed by atoms with Gasteiger partial charge in [-0.25, -0.2) is 9.13 Å². The summed E-state index contributed by atoms with van der Waals surface area (Å²) in [6, 6.07) is 7.17. The van der Waals surface area contributed by atoms with E-state index < -0.39 is 0 Å². The van der Waals surface area contributed by atoms with Crippen molar-refractivity contribution in [3.05, 3.63) is 52.6 Å². The van der Waals surface area contributed by atoms with Crippen LogP contribution in [0.2, 0.25) is 0 Å². The number of rotatable bonds is 1. The van der Waals surface area contributed by atoms with Crippen LogP contribution in [0.25, 0.3) is 0 Å². The van der Waals surface area contributed by atoms with E-state index in [0.717, 1.165) is 5.82 Å². The van der Waals surface area contributed by atoms with Crippen LogP contribution in [-0.4, -0.2) is 16.1 Å². The Morgan fingerprint density at radius 1 is 1.05 bits per heavy atom. The summed E-state index contributed by atoms with van der Waals surface area (Å²) in [5, 5.41) is 0. The minimum atomic E-state index is -0.0693.